The second-order valence-electron chi connectivity index (χ2n) is 11.5. The summed E-state index contributed by atoms with van der Waals surface area (Å²) in [6.07, 6.45) is 0. The van der Waals surface area contributed by atoms with Gasteiger partial charge >= 0.3 is 0 Å². The molecule has 4 aromatic rings. The van der Waals surface area contributed by atoms with E-state index < -0.39 is 17.7 Å². The number of aliphatic hydroxyl groups excluding tert-OH is 1. The van der Waals surface area contributed by atoms with E-state index in [4.69, 9.17) is 0 Å². The fraction of sp³-hybridized carbons (Fsp3) is 0.273. The molecule has 1 amide bonds. The average molecular weight is 507 g/mol. The number of H-pyrrole nitrogens is 1. The Kier molecular flexibility index (Phi) is 6.06. The van der Waals surface area contributed by atoms with E-state index in [2.05, 4.69) is 25.8 Å². The lowest BCUT2D eigenvalue weighted by Gasteiger charge is -2.27. The third-order valence-corrected chi connectivity index (χ3v) is 7.50. The summed E-state index contributed by atoms with van der Waals surface area (Å²) in [6.45, 7) is 14.1. The molecule has 0 bridgehead atoms. The predicted molar refractivity (Wildman–Crippen MR) is 154 cm³/mol. The average Bonchev–Trinajstić information content (AvgIpc) is 3.29. The maximum absolute atomic E-state index is 13.8. The van der Waals surface area contributed by atoms with Crippen molar-refractivity contribution in [2.45, 2.75) is 59.9 Å². The molecular weight excluding hydrogens is 472 g/mol. The second kappa shape index (κ2) is 9.02. The highest BCUT2D eigenvalue weighted by Crippen LogP contribution is 2.46. The number of hydrogen-bond donors (Lipinski definition) is 2. The molecule has 1 saturated heterocycles. The van der Waals surface area contributed by atoms with Crippen molar-refractivity contribution < 1.29 is 14.7 Å². The van der Waals surface area contributed by atoms with Crippen LogP contribution in [0.25, 0.3) is 16.7 Å². The summed E-state index contributed by atoms with van der Waals surface area (Å²) in [7, 11) is 0. The maximum atomic E-state index is 13.8. The van der Waals surface area contributed by atoms with E-state index >= 15 is 0 Å². The van der Waals surface area contributed by atoms with Crippen LogP contribution in [0.15, 0.2) is 66.2 Å². The fourth-order valence-corrected chi connectivity index (χ4v) is 5.60. The molecule has 5 heteroatoms. The van der Waals surface area contributed by atoms with Gasteiger partial charge in [-0.2, -0.15) is 0 Å². The summed E-state index contributed by atoms with van der Waals surface area (Å²) in [4.78, 5) is 32.5. The maximum Gasteiger partial charge on any atom is 0.300 e. The summed E-state index contributed by atoms with van der Waals surface area (Å²) >= 11 is 0. The Hall–Kier alpha value is -4.12. The number of aromatic amines is 1. The number of ketones is 1. The first-order chi connectivity index (χ1) is 17.9. The van der Waals surface area contributed by atoms with Crippen LogP contribution in [0.4, 0.5) is 5.69 Å². The monoisotopic (exact) mass is 506 g/mol. The number of carbonyl (C=O) groups excluding carboxylic acids is 2. The molecule has 0 aliphatic carbocycles. The number of hydrogen-bond acceptors (Lipinski definition) is 3. The topological polar surface area (TPSA) is 73.4 Å². The van der Waals surface area contributed by atoms with Crippen LogP contribution in [0.3, 0.4) is 0 Å². The second-order valence-corrected chi connectivity index (χ2v) is 11.5. The molecule has 1 unspecified atom stereocenters. The van der Waals surface area contributed by atoms with Crippen molar-refractivity contribution in [1.29, 1.82) is 0 Å². The standard InChI is InChI=1S/C33H34N2O3/c1-18-14-19(2)16-23(15-18)35-29(27-21(4)34-26-11-9-8-10-24(26)27)28(31(37)32(35)38)30(36)25-17-22(33(5,6)7)13-12-20(25)3/h8-17,29,34,36H,1-7H3/b30-28+. The Labute approximate surface area is 223 Å². The van der Waals surface area contributed by atoms with Crippen molar-refractivity contribution >= 4 is 34.0 Å². The van der Waals surface area contributed by atoms with Crippen molar-refractivity contribution in [2.75, 3.05) is 4.90 Å². The van der Waals surface area contributed by atoms with Gasteiger partial charge in [-0.25, -0.2) is 0 Å². The first-order valence-electron chi connectivity index (χ1n) is 13.0. The molecule has 0 saturated carbocycles. The van der Waals surface area contributed by atoms with Crippen LogP contribution in [-0.2, 0) is 15.0 Å². The minimum absolute atomic E-state index is 0.108. The number of benzene rings is 3. The number of Topliss-reactive ketones (excluding diaryl/α,β-unsaturated/α-hetero) is 1. The first-order valence-corrected chi connectivity index (χ1v) is 13.0. The number of fused-ring (bicyclic) bond motifs is 1. The zero-order valence-electron chi connectivity index (χ0n) is 23.1. The Morgan fingerprint density at radius 3 is 2.21 bits per heavy atom. The van der Waals surface area contributed by atoms with Gasteiger partial charge in [0.15, 0.2) is 0 Å². The molecule has 2 heterocycles. The van der Waals surface area contributed by atoms with E-state index in [1.54, 1.807) is 4.90 Å². The van der Waals surface area contributed by atoms with Crippen LogP contribution in [-0.4, -0.2) is 21.8 Å². The molecule has 2 N–H and O–H groups in total. The fourth-order valence-electron chi connectivity index (χ4n) is 5.60. The summed E-state index contributed by atoms with van der Waals surface area (Å²) in [5, 5.41) is 12.8. The highest BCUT2D eigenvalue weighted by Gasteiger charge is 2.48. The SMILES string of the molecule is Cc1cc(C)cc(N2C(=O)C(=O)/C(=C(/O)c3cc(C(C)(C)C)ccc3C)C2c2c(C)[nH]c3ccccc23)c1. The Bertz CT molecular complexity index is 1630. The van der Waals surface area contributed by atoms with Gasteiger partial charge in [0, 0.05) is 33.4 Å². The molecule has 0 spiro atoms. The molecule has 5 rings (SSSR count). The van der Waals surface area contributed by atoms with E-state index in [0.717, 1.165) is 44.4 Å². The molecule has 38 heavy (non-hydrogen) atoms. The number of para-hydroxylation sites is 1. The first kappa shape index (κ1) is 25.5. The number of anilines is 1. The predicted octanol–water partition coefficient (Wildman–Crippen LogP) is 7.33. The van der Waals surface area contributed by atoms with Gasteiger partial charge in [0.1, 0.15) is 5.76 Å². The summed E-state index contributed by atoms with van der Waals surface area (Å²) in [5.74, 6) is -1.47. The lowest BCUT2D eigenvalue weighted by Crippen LogP contribution is -2.29. The molecule has 1 aliphatic rings. The molecule has 1 aromatic heterocycles. The van der Waals surface area contributed by atoms with Gasteiger partial charge in [0.05, 0.1) is 11.6 Å². The van der Waals surface area contributed by atoms with Crippen LogP contribution in [0.5, 0.6) is 0 Å². The molecule has 5 nitrogen and oxygen atoms in total. The van der Waals surface area contributed by atoms with E-state index in [0.29, 0.717) is 11.3 Å². The summed E-state index contributed by atoms with van der Waals surface area (Å²) in [5.41, 5.74) is 7.58. The van der Waals surface area contributed by atoms with Crippen molar-refractivity contribution in [2.24, 2.45) is 0 Å². The quantitative estimate of drug-likeness (QED) is 0.174. The minimum atomic E-state index is -0.787. The molecule has 3 aromatic carbocycles. The number of carbonyl (C=O) groups is 2. The zero-order chi connectivity index (χ0) is 27.5. The highest BCUT2D eigenvalue weighted by molar-refractivity contribution is 6.52. The highest BCUT2D eigenvalue weighted by atomic mass is 16.3. The Balaban J connectivity index is 1.84. The van der Waals surface area contributed by atoms with Crippen LogP contribution < -0.4 is 4.90 Å². The third-order valence-electron chi connectivity index (χ3n) is 7.50. The number of aliphatic hydroxyl groups is 1. The van der Waals surface area contributed by atoms with E-state index in [1.165, 1.54) is 0 Å². The smallest absolute Gasteiger partial charge is 0.300 e. The van der Waals surface area contributed by atoms with Gasteiger partial charge in [0.25, 0.3) is 11.7 Å². The van der Waals surface area contributed by atoms with Crippen LogP contribution in [0.1, 0.15) is 65.9 Å². The molecule has 0 radical (unpaired) electrons. The largest absolute Gasteiger partial charge is 0.507 e. The van der Waals surface area contributed by atoms with Crippen LogP contribution in [0.2, 0.25) is 0 Å². The number of rotatable bonds is 3. The zero-order valence-corrected chi connectivity index (χ0v) is 23.1. The van der Waals surface area contributed by atoms with E-state index in [-0.39, 0.29) is 16.7 Å². The lowest BCUT2D eigenvalue weighted by molar-refractivity contribution is -0.132. The van der Waals surface area contributed by atoms with Gasteiger partial charge in [-0.15, -0.1) is 0 Å². The van der Waals surface area contributed by atoms with E-state index in [9.17, 15) is 14.7 Å². The molecule has 1 fully saturated rings. The van der Waals surface area contributed by atoms with Crippen molar-refractivity contribution in [3.63, 3.8) is 0 Å². The summed E-state index contributed by atoms with van der Waals surface area (Å²) < 4.78 is 0. The van der Waals surface area contributed by atoms with Gasteiger partial charge in [-0.05, 0) is 79.6 Å². The lowest BCUT2D eigenvalue weighted by atomic mass is 9.84. The van der Waals surface area contributed by atoms with Gasteiger partial charge in [-0.3, -0.25) is 14.5 Å². The molecule has 1 aliphatic heterocycles. The van der Waals surface area contributed by atoms with E-state index in [1.807, 2.05) is 88.4 Å². The third kappa shape index (κ3) is 4.12. The number of amides is 1. The van der Waals surface area contributed by atoms with Gasteiger partial charge < -0.3 is 10.1 Å². The number of aromatic nitrogens is 1. The van der Waals surface area contributed by atoms with Crippen molar-refractivity contribution in [1.82, 2.24) is 4.98 Å². The molecular formula is C33H34N2O3. The van der Waals surface area contributed by atoms with Gasteiger partial charge in [-0.1, -0.05) is 57.2 Å². The minimum Gasteiger partial charge on any atom is -0.507 e. The van der Waals surface area contributed by atoms with Crippen molar-refractivity contribution in [3.8, 4) is 0 Å². The Morgan fingerprint density at radius 1 is 0.895 bits per heavy atom. The van der Waals surface area contributed by atoms with Crippen molar-refractivity contribution in [3.05, 3.63) is 105 Å². The van der Waals surface area contributed by atoms with Crippen LogP contribution >= 0.6 is 0 Å². The van der Waals surface area contributed by atoms with Gasteiger partial charge in [0.2, 0.25) is 0 Å². The number of nitrogens with one attached hydrogen (secondary N) is 1. The van der Waals surface area contributed by atoms with Crippen LogP contribution in [0, 0.1) is 27.7 Å². The molecule has 194 valence electrons. The summed E-state index contributed by atoms with van der Waals surface area (Å²) in [6, 6.07) is 18.9. The normalized spacial score (nSPS) is 17.6. The Morgan fingerprint density at radius 2 is 1.55 bits per heavy atom. The number of nitrogens with zero attached hydrogens (tertiary/aromatic N) is 1. The molecule has 1 atom stereocenters. The number of aryl methyl sites for hydroxylation is 4.